The van der Waals surface area contributed by atoms with Crippen molar-refractivity contribution in [2.45, 2.75) is 70.3 Å². The Morgan fingerprint density at radius 2 is 1.60 bits per heavy atom. The Morgan fingerprint density at radius 3 is 2.23 bits per heavy atom. The standard InChI is InChI=1S/C32H40N2O/c1-30(2)22-34(16-15-28(30)33)29(35)32-19-24-17-31(21-32,26-11-7-4-8-12-26)18-25(20-32)27(24)14-13-23-9-5-3-6-10-23/h3-12,14,24-25,28H,13,15-22,33H2,1-2H3/t24-,25+,28-,31?,32?/m1/s1. The molecule has 0 spiro atoms. The highest BCUT2D eigenvalue weighted by molar-refractivity contribution is 5.84. The summed E-state index contributed by atoms with van der Waals surface area (Å²) in [5, 5.41) is 0. The second-order valence-corrected chi connectivity index (χ2v) is 12.8. The third-order valence-corrected chi connectivity index (χ3v) is 10.0. The maximum Gasteiger partial charge on any atom is 0.228 e. The van der Waals surface area contributed by atoms with Crippen LogP contribution in [0.25, 0.3) is 0 Å². The summed E-state index contributed by atoms with van der Waals surface area (Å²) in [5.74, 6) is 1.46. The monoisotopic (exact) mass is 468 g/mol. The summed E-state index contributed by atoms with van der Waals surface area (Å²) in [7, 11) is 0. The number of amides is 1. The summed E-state index contributed by atoms with van der Waals surface area (Å²) in [6.45, 7) is 6.06. The van der Waals surface area contributed by atoms with Crippen molar-refractivity contribution in [1.29, 1.82) is 0 Å². The molecule has 1 saturated heterocycles. The summed E-state index contributed by atoms with van der Waals surface area (Å²) in [5.41, 5.74) is 10.8. The summed E-state index contributed by atoms with van der Waals surface area (Å²) in [6.07, 6.45) is 9.90. The van der Waals surface area contributed by atoms with Gasteiger partial charge in [0.25, 0.3) is 0 Å². The van der Waals surface area contributed by atoms with Gasteiger partial charge in [-0.3, -0.25) is 4.79 Å². The third kappa shape index (κ3) is 3.87. The van der Waals surface area contributed by atoms with Crippen LogP contribution in [0.1, 0.15) is 63.5 Å². The van der Waals surface area contributed by atoms with Crippen LogP contribution in [0.2, 0.25) is 0 Å². The van der Waals surface area contributed by atoms with Gasteiger partial charge in [-0.2, -0.15) is 0 Å². The fourth-order valence-electron chi connectivity index (χ4n) is 8.38. The zero-order valence-corrected chi connectivity index (χ0v) is 21.4. The fraction of sp³-hybridized carbons (Fsp3) is 0.531. The molecule has 5 atom stereocenters. The maximum absolute atomic E-state index is 14.4. The quantitative estimate of drug-likeness (QED) is 0.569. The predicted octanol–water partition coefficient (Wildman–Crippen LogP) is 5.89. The number of nitrogens with two attached hydrogens (primary N) is 1. The number of rotatable bonds is 4. The van der Waals surface area contributed by atoms with Crippen molar-refractivity contribution in [1.82, 2.24) is 4.90 Å². The Morgan fingerprint density at radius 1 is 0.971 bits per heavy atom. The minimum atomic E-state index is -0.219. The largest absolute Gasteiger partial charge is 0.342 e. The molecule has 4 aliphatic carbocycles. The molecule has 3 heteroatoms. The number of hydrogen-bond acceptors (Lipinski definition) is 2. The van der Waals surface area contributed by atoms with Crippen LogP contribution in [0, 0.1) is 22.7 Å². The zero-order valence-electron chi connectivity index (χ0n) is 21.4. The third-order valence-electron chi connectivity index (χ3n) is 10.0. The molecule has 5 aliphatic rings. The number of nitrogens with zero attached hydrogens (tertiary/aromatic N) is 1. The number of benzene rings is 2. The van der Waals surface area contributed by atoms with E-state index in [2.05, 4.69) is 85.5 Å². The zero-order chi connectivity index (χ0) is 24.3. The van der Waals surface area contributed by atoms with E-state index < -0.39 is 0 Å². The van der Waals surface area contributed by atoms with Crippen LogP contribution in [0.4, 0.5) is 0 Å². The van der Waals surface area contributed by atoms with E-state index in [0.29, 0.717) is 17.7 Å². The Bertz CT molecular complexity index is 1100. The number of allylic oxidation sites excluding steroid dienone is 2. The van der Waals surface area contributed by atoms with Gasteiger partial charge in [-0.1, -0.05) is 86.2 Å². The highest BCUT2D eigenvalue weighted by atomic mass is 16.2. The molecule has 2 unspecified atom stereocenters. The molecule has 2 aromatic rings. The normalized spacial score (nSPS) is 36.5. The van der Waals surface area contributed by atoms with Crippen molar-refractivity contribution in [3.8, 4) is 0 Å². The minimum Gasteiger partial charge on any atom is -0.342 e. The number of piperidine rings is 1. The van der Waals surface area contributed by atoms with Crippen LogP contribution in [0.5, 0.6) is 0 Å². The van der Waals surface area contributed by atoms with E-state index in [-0.39, 0.29) is 22.3 Å². The summed E-state index contributed by atoms with van der Waals surface area (Å²) in [6, 6.07) is 22.1. The van der Waals surface area contributed by atoms with E-state index >= 15 is 0 Å². The highest BCUT2D eigenvalue weighted by Gasteiger charge is 2.63. The first-order chi connectivity index (χ1) is 16.8. The lowest BCUT2D eigenvalue weighted by molar-refractivity contribution is -0.159. The molecule has 4 saturated carbocycles. The first-order valence-electron chi connectivity index (χ1n) is 13.6. The molecule has 0 radical (unpaired) electrons. The fourth-order valence-corrected chi connectivity index (χ4v) is 8.38. The highest BCUT2D eigenvalue weighted by Crippen LogP contribution is 2.68. The minimum absolute atomic E-state index is 0.0198. The Labute approximate surface area is 210 Å². The van der Waals surface area contributed by atoms with Gasteiger partial charge in [0.1, 0.15) is 0 Å². The van der Waals surface area contributed by atoms with Gasteiger partial charge >= 0.3 is 0 Å². The van der Waals surface area contributed by atoms with Crippen LogP contribution in [0.3, 0.4) is 0 Å². The van der Waals surface area contributed by atoms with E-state index in [9.17, 15) is 4.79 Å². The Kier molecular flexibility index (Phi) is 5.49. The van der Waals surface area contributed by atoms with Crippen molar-refractivity contribution in [2.75, 3.05) is 13.1 Å². The van der Waals surface area contributed by atoms with Crippen LogP contribution in [-0.2, 0) is 16.6 Å². The lowest BCUT2D eigenvalue weighted by Gasteiger charge is -2.63. The molecule has 35 heavy (non-hydrogen) atoms. The van der Waals surface area contributed by atoms with Crippen molar-refractivity contribution < 1.29 is 4.79 Å². The molecule has 2 aromatic carbocycles. The van der Waals surface area contributed by atoms with E-state index in [1.54, 1.807) is 5.57 Å². The van der Waals surface area contributed by atoms with E-state index in [1.807, 2.05) is 0 Å². The first-order valence-corrected chi connectivity index (χ1v) is 13.6. The van der Waals surface area contributed by atoms with Gasteiger partial charge in [0, 0.05) is 19.1 Å². The SMILES string of the molecule is CC1(C)CN(C(=O)C23C[C@@H]4CC(c5ccccc5)(C[C@H](C2)C4=CCc2ccccc2)C3)CC[C@H]1N. The van der Waals surface area contributed by atoms with Crippen molar-refractivity contribution in [3.63, 3.8) is 0 Å². The molecule has 184 valence electrons. The van der Waals surface area contributed by atoms with Crippen LogP contribution >= 0.6 is 0 Å². The van der Waals surface area contributed by atoms with Crippen LogP contribution < -0.4 is 5.73 Å². The predicted molar refractivity (Wildman–Crippen MR) is 142 cm³/mol. The summed E-state index contributed by atoms with van der Waals surface area (Å²) < 4.78 is 0. The van der Waals surface area contributed by atoms with Gasteiger partial charge < -0.3 is 10.6 Å². The molecule has 3 nitrogen and oxygen atoms in total. The van der Waals surface area contributed by atoms with E-state index in [1.165, 1.54) is 24.0 Å². The van der Waals surface area contributed by atoms with Crippen LogP contribution in [0.15, 0.2) is 72.3 Å². The average Bonchev–Trinajstić information content (AvgIpc) is 2.85. The molecule has 0 aromatic heterocycles. The first kappa shape index (κ1) is 23.0. The summed E-state index contributed by atoms with van der Waals surface area (Å²) in [4.78, 5) is 16.6. The molecular weight excluding hydrogens is 428 g/mol. The van der Waals surface area contributed by atoms with Crippen LogP contribution in [-0.4, -0.2) is 29.9 Å². The van der Waals surface area contributed by atoms with Gasteiger partial charge in [-0.05, 0) is 78.7 Å². The van der Waals surface area contributed by atoms with Gasteiger partial charge in [0.15, 0.2) is 0 Å². The molecule has 1 amide bonds. The summed E-state index contributed by atoms with van der Waals surface area (Å²) >= 11 is 0. The van der Waals surface area contributed by atoms with Gasteiger partial charge in [0.2, 0.25) is 5.91 Å². The van der Waals surface area contributed by atoms with Gasteiger partial charge in [-0.25, -0.2) is 0 Å². The smallest absolute Gasteiger partial charge is 0.228 e. The Balaban J connectivity index is 1.34. The second kappa shape index (κ2) is 8.34. The maximum atomic E-state index is 14.4. The lowest BCUT2D eigenvalue weighted by atomic mass is 9.41. The molecule has 1 aliphatic heterocycles. The van der Waals surface area contributed by atoms with E-state index in [0.717, 1.165) is 45.2 Å². The molecule has 7 rings (SSSR count). The molecule has 4 bridgehead atoms. The molecule has 1 heterocycles. The van der Waals surface area contributed by atoms with Crippen molar-refractivity contribution in [3.05, 3.63) is 83.4 Å². The van der Waals surface area contributed by atoms with Gasteiger partial charge in [0.05, 0.1) is 5.41 Å². The van der Waals surface area contributed by atoms with Gasteiger partial charge in [-0.15, -0.1) is 0 Å². The second-order valence-electron chi connectivity index (χ2n) is 12.8. The molecular formula is C32H40N2O. The number of hydrogen-bond donors (Lipinski definition) is 1. The molecule has 5 fully saturated rings. The number of likely N-dealkylation sites (tertiary alicyclic amines) is 1. The topological polar surface area (TPSA) is 46.3 Å². The van der Waals surface area contributed by atoms with Crippen molar-refractivity contribution >= 4 is 5.91 Å². The Hall–Kier alpha value is -2.39. The number of carbonyl (C=O) groups is 1. The molecule has 2 N–H and O–H groups in total. The van der Waals surface area contributed by atoms with Crippen molar-refractivity contribution in [2.24, 2.45) is 28.4 Å². The lowest BCUT2D eigenvalue weighted by Crippen LogP contribution is -2.63. The number of carbonyl (C=O) groups excluding carboxylic acids is 1. The average molecular weight is 469 g/mol. The van der Waals surface area contributed by atoms with E-state index in [4.69, 9.17) is 5.73 Å².